The molecule has 0 aromatic heterocycles. The van der Waals surface area contributed by atoms with Crippen molar-refractivity contribution < 1.29 is 13.2 Å². The average molecular weight is 394 g/mol. The van der Waals surface area contributed by atoms with E-state index in [-0.39, 0.29) is 12.5 Å². The number of nitrogens with two attached hydrogens (primary N) is 1. The van der Waals surface area contributed by atoms with Gasteiger partial charge in [-0.2, -0.15) is 0 Å². The number of sulfone groups is 1. The van der Waals surface area contributed by atoms with E-state index < -0.39 is 20.5 Å². The number of hydrogen-bond acceptors (Lipinski definition) is 4. The molecular formula is C20H24ClNO3S. The zero-order valence-corrected chi connectivity index (χ0v) is 16.6. The summed E-state index contributed by atoms with van der Waals surface area (Å²) in [5.74, 6) is -0.206. The fourth-order valence-electron chi connectivity index (χ4n) is 3.76. The Morgan fingerprint density at radius 2 is 1.73 bits per heavy atom. The van der Waals surface area contributed by atoms with Crippen molar-refractivity contribution in [3.63, 3.8) is 0 Å². The molecule has 140 valence electrons. The summed E-state index contributed by atoms with van der Waals surface area (Å²) in [7, 11) is -3.53. The molecule has 0 saturated heterocycles. The average Bonchev–Trinajstić information content (AvgIpc) is 3.31. The predicted octanol–water partition coefficient (Wildman–Crippen LogP) is 3.57. The second kappa shape index (κ2) is 7.31. The summed E-state index contributed by atoms with van der Waals surface area (Å²) in [6.45, 7) is 4.92. The topological polar surface area (TPSA) is 69.4 Å². The first-order valence-electron chi connectivity index (χ1n) is 8.70. The first-order chi connectivity index (χ1) is 12.4. The largest absolute Gasteiger partial charge is 0.381 e. The van der Waals surface area contributed by atoms with Crippen LogP contribution in [0.2, 0.25) is 5.02 Å². The standard InChI is InChI=1S/C20H24ClNO3S/c1-3-25-13-20(12-22)18(15-6-8-16(21)9-7-15)19(20)26(23,24)17-10-4-14(2)5-11-17/h4-11,18-19H,3,12-13,22H2,1-2H3/t18-,19-,20+/m0/s1. The molecule has 2 N–H and O–H groups in total. The van der Waals surface area contributed by atoms with Crippen LogP contribution >= 0.6 is 11.6 Å². The summed E-state index contributed by atoms with van der Waals surface area (Å²) in [5.41, 5.74) is 7.42. The van der Waals surface area contributed by atoms with Crippen molar-refractivity contribution in [3.8, 4) is 0 Å². The van der Waals surface area contributed by atoms with Crippen LogP contribution in [0.3, 0.4) is 0 Å². The van der Waals surface area contributed by atoms with Crippen LogP contribution in [0.5, 0.6) is 0 Å². The molecule has 2 aromatic carbocycles. The Morgan fingerprint density at radius 3 is 2.27 bits per heavy atom. The molecule has 3 rings (SSSR count). The van der Waals surface area contributed by atoms with E-state index in [0.29, 0.717) is 23.1 Å². The summed E-state index contributed by atoms with van der Waals surface area (Å²) in [6.07, 6.45) is 0. The Hall–Kier alpha value is -1.40. The fraction of sp³-hybridized carbons (Fsp3) is 0.400. The van der Waals surface area contributed by atoms with E-state index in [9.17, 15) is 8.42 Å². The number of aryl methyl sites for hydroxylation is 1. The fourth-order valence-corrected chi connectivity index (χ4v) is 6.33. The van der Waals surface area contributed by atoms with Crippen LogP contribution in [0.15, 0.2) is 53.4 Å². The Balaban J connectivity index is 2.03. The van der Waals surface area contributed by atoms with Gasteiger partial charge in [0, 0.05) is 29.5 Å². The van der Waals surface area contributed by atoms with Gasteiger partial charge in [-0.05, 0) is 43.7 Å². The lowest BCUT2D eigenvalue weighted by molar-refractivity contribution is 0.101. The summed E-state index contributed by atoms with van der Waals surface area (Å²) in [4.78, 5) is 0.332. The maximum Gasteiger partial charge on any atom is 0.182 e. The maximum absolute atomic E-state index is 13.4. The highest BCUT2D eigenvalue weighted by atomic mass is 35.5. The highest BCUT2D eigenvalue weighted by molar-refractivity contribution is 7.92. The van der Waals surface area contributed by atoms with Gasteiger partial charge in [-0.15, -0.1) is 0 Å². The molecule has 0 aliphatic heterocycles. The number of benzene rings is 2. The molecule has 1 saturated carbocycles. The molecule has 2 aromatic rings. The predicted molar refractivity (Wildman–Crippen MR) is 104 cm³/mol. The van der Waals surface area contributed by atoms with E-state index in [1.165, 1.54) is 0 Å². The summed E-state index contributed by atoms with van der Waals surface area (Å²) < 4.78 is 32.4. The molecule has 0 bridgehead atoms. The van der Waals surface area contributed by atoms with Crippen LogP contribution in [-0.2, 0) is 14.6 Å². The SMILES string of the molecule is CCOC[C@]1(CN)[C@@H](c2ccc(Cl)cc2)[C@@H]1S(=O)(=O)c1ccc(C)cc1. The molecule has 1 aliphatic rings. The third kappa shape index (κ3) is 3.29. The van der Waals surface area contributed by atoms with E-state index >= 15 is 0 Å². The highest BCUT2D eigenvalue weighted by Gasteiger charge is 2.70. The molecule has 0 spiro atoms. The third-order valence-corrected chi connectivity index (χ3v) is 7.84. The van der Waals surface area contributed by atoms with Crippen molar-refractivity contribution in [2.75, 3.05) is 19.8 Å². The molecule has 1 fully saturated rings. The molecule has 6 heteroatoms. The van der Waals surface area contributed by atoms with Gasteiger partial charge in [0.25, 0.3) is 0 Å². The Kier molecular flexibility index (Phi) is 5.45. The summed E-state index contributed by atoms with van der Waals surface area (Å²) in [6, 6.07) is 14.3. The monoisotopic (exact) mass is 393 g/mol. The van der Waals surface area contributed by atoms with Gasteiger partial charge in [0.15, 0.2) is 9.84 Å². The number of hydrogen-bond donors (Lipinski definition) is 1. The number of rotatable bonds is 7. The van der Waals surface area contributed by atoms with Crippen molar-refractivity contribution >= 4 is 21.4 Å². The Bertz CT molecular complexity index is 865. The van der Waals surface area contributed by atoms with E-state index in [4.69, 9.17) is 22.1 Å². The van der Waals surface area contributed by atoms with Gasteiger partial charge < -0.3 is 10.5 Å². The van der Waals surface area contributed by atoms with E-state index in [2.05, 4.69) is 0 Å². The van der Waals surface area contributed by atoms with Gasteiger partial charge in [0.1, 0.15) is 0 Å². The Labute approximate surface area is 160 Å². The molecule has 26 heavy (non-hydrogen) atoms. The van der Waals surface area contributed by atoms with Gasteiger partial charge >= 0.3 is 0 Å². The maximum atomic E-state index is 13.4. The van der Waals surface area contributed by atoms with Gasteiger partial charge in [-0.25, -0.2) is 8.42 Å². The molecule has 0 radical (unpaired) electrons. The normalized spacial score (nSPS) is 25.2. The Morgan fingerprint density at radius 1 is 1.12 bits per heavy atom. The summed E-state index contributed by atoms with van der Waals surface area (Å²) in [5, 5.41) is 0.0194. The van der Waals surface area contributed by atoms with Crippen LogP contribution in [0.1, 0.15) is 24.0 Å². The quantitative estimate of drug-likeness (QED) is 0.780. The second-order valence-corrected chi connectivity index (χ2v) is 9.39. The zero-order valence-electron chi connectivity index (χ0n) is 15.0. The third-order valence-electron chi connectivity index (χ3n) is 5.25. The van der Waals surface area contributed by atoms with Crippen LogP contribution in [0.4, 0.5) is 0 Å². The lowest BCUT2D eigenvalue weighted by Crippen LogP contribution is -2.29. The molecule has 4 nitrogen and oxygen atoms in total. The number of ether oxygens (including phenoxy) is 1. The van der Waals surface area contributed by atoms with Crippen LogP contribution in [0.25, 0.3) is 0 Å². The van der Waals surface area contributed by atoms with E-state index in [1.807, 2.05) is 38.1 Å². The van der Waals surface area contributed by atoms with Crippen molar-refractivity contribution in [2.24, 2.45) is 11.1 Å². The molecular weight excluding hydrogens is 370 g/mol. The summed E-state index contributed by atoms with van der Waals surface area (Å²) >= 11 is 5.99. The molecule has 0 amide bonds. The molecule has 3 atom stereocenters. The minimum Gasteiger partial charge on any atom is -0.381 e. The van der Waals surface area contributed by atoms with Gasteiger partial charge in [-0.1, -0.05) is 41.4 Å². The number of halogens is 1. The minimum absolute atomic E-state index is 0.206. The van der Waals surface area contributed by atoms with Gasteiger partial charge in [-0.3, -0.25) is 0 Å². The van der Waals surface area contributed by atoms with E-state index in [0.717, 1.165) is 11.1 Å². The van der Waals surface area contributed by atoms with Gasteiger partial charge in [0.2, 0.25) is 0 Å². The van der Waals surface area contributed by atoms with Gasteiger partial charge in [0.05, 0.1) is 16.8 Å². The minimum atomic E-state index is -3.53. The second-order valence-electron chi connectivity index (χ2n) is 6.88. The zero-order chi connectivity index (χ0) is 18.9. The van der Waals surface area contributed by atoms with Crippen molar-refractivity contribution in [1.82, 2.24) is 0 Å². The first kappa shape index (κ1) is 19.4. The molecule has 0 heterocycles. The van der Waals surface area contributed by atoms with Crippen molar-refractivity contribution in [3.05, 3.63) is 64.7 Å². The molecule has 0 unspecified atom stereocenters. The van der Waals surface area contributed by atoms with E-state index in [1.54, 1.807) is 24.3 Å². The molecule has 1 aliphatic carbocycles. The first-order valence-corrected chi connectivity index (χ1v) is 10.6. The lowest BCUT2D eigenvalue weighted by Gasteiger charge is -2.16. The van der Waals surface area contributed by atoms with Crippen LogP contribution < -0.4 is 5.73 Å². The van der Waals surface area contributed by atoms with Crippen LogP contribution in [-0.4, -0.2) is 33.4 Å². The van der Waals surface area contributed by atoms with Crippen molar-refractivity contribution in [1.29, 1.82) is 0 Å². The van der Waals surface area contributed by atoms with Crippen molar-refractivity contribution in [2.45, 2.75) is 29.9 Å². The lowest BCUT2D eigenvalue weighted by atomic mass is 10.00. The van der Waals surface area contributed by atoms with Crippen LogP contribution in [0, 0.1) is 12.3 Å². The smallest absolute Gasteiger partial charge is 0.182 e. The highest BCUT2D eigenvalue weighted by Crippen LogP contribution is 2.63.